The minimum Gasteiger partial charge on any atom is -0.303 e. The Labute approximate surface area is 124 Å². The first kappa shape index (κ1) is 15.6. The molecule has 0 radical (unpaired) electrons. The Bertz CT molecular complexity index is 649. The lowest BCUT2D eigenvalue weighted by Crippen LogP contribution is -2.24. The van der Waals surface area contributed by atoms with E-state index < -0.39 is 11.6 Å². The standard InChI is InChI=1S/C16H21F2N3/c1-9(14-7-6-13(17)8-15(14)18)19-10(2)16-11(3)20-21(5)12(16)4/h6-10,19H,1-5H3. The first-order valence-electron chi connectivity index (χ1n) is 7.02. The van der Waals surface area contributed by atoms with E-state index in [1.54, 1.807) is 0 Å². The van der Waals surface area contributed by atoms with Gasteiger partial charge >= 0.3 is 0 Å². The number of aromatic nitrogens is 2. The number of hydrogen-bond acceptors (Lipinski definition) is 2. The molecule has 2 rings (SSSR count). The third-order valence-electron chi connectivity index (χ3n) is 3.93. The third-order valence-corrected chi connectivity index (χ3v) is 3.93. The summed E-state index contributed by atoms with van der Waals surface area (Å²) >= 11 is 0. The predicted molar refractivity (Wildman–Crippen MR) is 79.0 cm³/mol. The van der Waals surface area contributed by atoms with E-state index in [0.29, 0.717) is 5.56 Å². The van der Waals surface area contributed by atoms with Gasteiger partial charge in [0.1, 0.15) is 11.6 Å². The third kappa shape index (κ3) is 3.13. The molecule has 1 N–H and O–H groups in total. The van der Waals surface area contributed by atoms with Crippen LogP contribution in [-0.2, 0) is 7.05 Å². The molecule has 2 atom stereocenters. The molecule has 114 valence electrons. The van der Waals surface area contributed by atoms with Crippen LogP contribution in [0.15, 0.2) is 18.2 Å². The second-order valence-electron chi connectivity index (χ2n) is 5.48. The molecular weight excluding hydrogens is 272 g/mol. The predicted octanol–water partition coefficient (Wildman–Crippen LogP) is 3.73. The van der Waals surface area contributed by atoms with E-state index in [0.717, 1.165) is 23.0 Å². The van der Waals surface area contributed by atoms with Gasteiger partial charge in [-0.3, -0.25) is 4.68 Å². The van der Waals surface area contributed by atoms with Gasteiger partial charge in [-0.2, -0.15) is 5.10 Å². The Morgan fingerprint density at radius 1 is 1.14 bits per heavy atom. The summed E-state index contributed by atoms with van der Waals surface area (Å²) in [4.78, 5) is 0. The largest absolute Gasteiger partial charge is 0.303 e. The summed E-state index contributed by atoms with van der Waals surface area (Å²) in [6, 6.07) is 3.48. The van der Waals surface area contributed by atoms with Crippen LogP contribution < -0.4 is 5.32 Å². The zero-order chi connectivity index (χ0) is 15.7. The quantitative estimate of drug-likeness (QED) is 0.931. The smallest absolute Gasteiger partial charge is 0.130 e. The summed E-state index contributed by atoms with van der Waals surface area (Å²) in [6.45, 7) is 7.86. The lowest BCUT2D eigenvalue weighted by molar-refractivity contribution is 0.468. The summed E-state index contributed by atoms with van der Waals surface area (Å²) in [7, 11) is 1.90. The van der Waals surface area contributed by atoms with Crippen molar-refractivity contribution in [2.45, 2.75) is 39.8 Å². The molecule has 0 bridgehead atoms. The van der Waals surface area contributed by atoms with E-state index in [-0.39, 0.29) is 12.1 Å². The second kappa shape index (κ2) is 5.93. The molecule has 2 unspecified atom stereocenters. The van der Waals surface area contributed by atoms with E-state index in [4.69, 9.17) is 0 Å². The van der Waals surface area contributed by atoms with Gasteiger partial charge in [0, 0.05) is 42.0 Å². The Kier molecular flexibility index (Phi) is 4.42. The van der Waals surface area contributed by atoms with E-state index in [1.807, 2.05) is 39.4 Å². The number of rotatable bonds is 4. The molecule has 1 heterocycles. The Morgan fingerprint density at radius 3 is 2.33 bits per heavy atom. The molecule has 2 aromatic rings. The first-order chi connectivity index (χ1) is 9.81. The van der Waals surface area contributed by atoms with E-state index in [2.05, 4.69) is 10.4 Å². The molecule has 0 spiro atoms. The highest BCUT2D eigenvalue weighted by Crippen LogP contribution is 2.25. The molecule has 5 heteroatoms. The van der Waals surface area contributed by atoms with Crippen molar-refractivity contribution in [1.29, 1.82) is 0 Å². The number of hydrogen-bond donors (Lipinski definition) is 1. The molecule has 0 aliphatic rings. The van der Waals surface area contributed by atoms with Gasteiger partial charge in [-0.15, -0.1) is 0 Å². The summed E-state index contributed by atoms with van der Waals surface area (Å²) in [5.74, 6) is -1.09. The number of halogens is 2. The number of nitrogens with one attached hydrogen (secondary N) is 1. The van der Waals surface area contributed by atoms with Crippen LogP contribution in [0.1, 0.15) is 48.4 Å². The number of nitrogens with zero attached hydrogens (tertiary/aromatic N) is 2. The Balaban J connectivity index is 2.20. The number of benzene rings is 1. The van der Waals surface area contributed by atoms with E-state index >= 15 is 0 Å². The van der Waals surface area contributed by atoms with Gasteiger partial charge in [0.2, 0.25) is 0 Å². The SMILES string of the molecule is Cc1nn(C)c(C)c1C(C)NC(C)c1ccc(F)cc1F. The highest BCUT2D eigenvalue weighted by Gasteiger charge is 2.20. The fraction of sp³-hybridized carbons (Fsp3) is 0.438. The molecule has 1 aromatic carbocycles. The minimum absolute atomic E-state index is 0.0261. The first-order valence-corrected chi connectivity index (χ1v) is 7.02. The van der Waals surface area contributed by atoms with Crippen LogP contribution in [0.25, 0.3) is 0 Å². The topological polar surface area (TPSA) is 29.9 Å². The zero-order valence-corrected chi connectivity index (χ0v) is 13.0. The number of aryl methyl sites for hydroxylation is 2. The molecule has 0 saturated carbocycles. The van der Waals surface area contributed by atoms with Crippen molar-refractivity contribution in [3.63, 3.8) is 0 Å². The maximum Gasteiger partial charge on any atom is 0.130 e. The summed E-state index contributed by atoms with van der Waals surface area (Å²) in [5, 5.41) is 7.75. The van der Waals surface area contributed by atoms with E-state index in [9.17, 15) is 8.78 Å². The molecule has 0 saturated heterocycles. The molecule has 21 heavy (non-hydrogen) atoms. The minimum atomic E-state index is -0.560. The summed E-state index contributed by atoms with van der Waals surface area (Å²) in [5.41, 5.74) is 3.62. The van der Waals surface area contributed by atoms with Gasteiger partial charge in [0.05, 0.1) is 5.69 Å². The zero-order valence-electron chi connectivity index (χ0n) is 13.0. The van der Waals surface area contributed by atoms with Gasteiger partial charge in [0.25, 0.3) is 0 Å². The van der Waals surface area contributed by atoms with Crippen molar-refractivity contribution < 1.29 is 8.78 Å². The van der Waals surface area contributed by atoms with Crippen LogP contribution in [0, 0.1) is 25.5 Å². The molecular formula is C16H21F2N3. The second-order valence-corrected chi connectivity index (χ2v) is 5.48. The van der Waals surface area contributed by atoms with Crippen LogP contribution in [-0.4, -0.2) is 9.78 Å². The van der Waals surface area contributed by atoms with Crippen LogP contribution in [0.3, 0.4) is 0 Å². The molecule has 0 aliphatic carbocycles. The van der Waals surface area contributed by atoms with Crippen molar-refractivity contribution in [2.24, 2.45) is 7.05 Å². The highest BCUT2D eigenvalue weighted by molar-refractivity contribution is 5.29. The van der Waals surface area contributed by atoms with Gasteiger partial charge in [0.15, 0.2) is 0 Å². The summed E-state index contributed by atoms with van der Waals surface area (Å²) < 4.78 is 28.6. The fourth-order valence-electron chi connectivity index (χ4n) is 2.82. The normalized spacial score (nSPS) is 14.2. The van der Waals surface area contributed by atoms with Crippen molar-refractivity contribution in [3.8, 4) is 0 Å². The monoisotopic (exact) mass is 293 g/mol. The van der Waals surface area contributed by atoms with Gasteiger partial charge in [-0.05, 0) is 33.8 Å². The fourth-order valence-corrected chi connectivity index (χ4v) is 2.82. The van der Waals surface area contributed by atoms with E-state index in [1.165, 1.54) is 12.1 Å². The van der Waals surface area contributed by atoms with Crippen molar-refractivity contribution in [3.05, 3.63) is 52.3 Å². The Morgan fingerprint density at radius 2 is 1.81 bits per heavy atom. The average Bonchev–Trinajstić information content (AvgIpc) is 2.62. The summed E-state index contributed by atoms with van der Waals surface area (Å²) in [6.07, 6.45) is 0. The van der Waals surface area contributed by atoms with Gasteiger partial charge in [-0.25, -0.2) is 8.78 Å². The van der Waals surface area contributed by atoms with Crippen LogP contribution >= 0.6 is 0 Å². The average molecular weight is 293 g/mol. The molecule has 3 nitrogen and oxygen atoms in total. The lowest BCUT2D eigenvalue weighted by atomic mass is 10.0. The Hall–Kier alpha value is -1.75. The van der Waals surface area contributed by atoms with Crippen molar-refractivity contribution >= 4 is 0 Å². The van der Waals surface area contributed by atoms with Crippen LogP contribution in [0.5, 0.6) is 0 Å². The lowest BCUT2D eigenvalue weighted by Gasteiger charge is -2.21. The van der Waals surface area contributed by atoms with Crippen LogP contribution in [0.2, 0.25) is 0 Å². The maximum atomic E-state index is 13.8. The highest BCUT2D eigenvalue weighted by atomic mass is 19.1. The van der Waals surface area contributed by atoms with Crippen molar-refractivity contribution in [1.82, 2.24) is 15.1 Å². The molecule has 0 amide bonds. The molecule has 0 aliphatic heterocycles. The van der Waals surface area contributed by atoms with Gasteiger partial charge in [-0.1, -0.05) is 6.07 Å². The van der Waals surface area contributed by atoms with Gasteiger partial charge < -0.3 is 5.32 Å². The maximum absolute atomic E-state index is 13.8. The van der Waals surface area contributed by atoms with Crippen LogP contribution in [0.4, 0.5) is 8.78 Å². The van der Waals surface area contributed by atoms with Crippen molar-refractivity contribution in [2.75, 3.05) is 0 Å². The molecule has 0 fully saturated rings. The molecule has 1 aromatic heterocycles.